The number of fused-ring (bicyclic) bond motifs is 15. The maximum atomic E-state index is 6.86. The van der Waals surface area contributed by atoms with E-state index in [1.165, 1.54) is 16.2 Å². The standard InChI is InChI=1S/C42H24N2O2/c1-2-12-25(13-3-1)43-33-19-9-5-16-29(33)39-41(43)40-37(38-30-17-7-11-21-35(30)46-42(38)39)28-15-4-8-18-32(28)44(40)26-22-23-36-31(24-26)27-14-6-10-20-34(27)45-36/h1-24H. The second-order valence-corrected chi connectivity index (χ2v) is 12.1. The molecule has 7 aromatic carbocycles. The summed E-state index contributed by atoms with van der Waals surface area (Å²) in [6.07, 6.45) is 0. The van der Waals surface area contributed by atoms with Gasteiger partial charge in [0.1, 0.15) is 22.3 Å². The smallest absolute Gasteiger partial charge is 0.146 e. The Morgan fingerprint density at radius 2 is 0.891 bits per heavy atom. The Morgan fingerprint density at radius 3 is 1.65 bits per heavy atom. The van der Waals surface area contributed by atoms with Crippen molar-refractivity contribution in [3.05, 3.63) is 146 Å². The fraction of sp³-hybridized carbons (Fsp3) is 0. The summed E-state index contributed by atoms with van der Waals surface area (Å²) in [6.45, 7) is 0. The van der Waals surface area contributed by atoms with Gasteiger partial charge in [-0.25, -0.2) is 0 Å². The largest absolute Gasteiger partial charge is 0.456 e. The molecule has 0 amide bonds. The minimum atomic E-state index is 0.887. The van der Waals surface area contributed by atoms with Crippen LogP contribution in [0.3, 0.4) is 0 Å². The van der Waals surface area contributed by atoms with Gasteiger partial charge >= 0.3 is 0 Å². The Morgan fingerprint density at radius 1 is 0.348 bits per heavy atom. The number of para-hydroxylation sites is 5. The molecule has 4 aromatic heterocycles. The third kappa shape index (κ3) is 2.98. The van der Waals surface area contributed by atoms with Crippen LogP contribution in [0.15, 0.2) is 154 Å². The predicted octanol–water partition coefficient (Wildman–Crippen LogP) is 11.7. The summed E-state index contributed by atoms with van der Waals surface area (Å²) in [5.41, 5.74) is 10.4. The van der Waals surface area contributed by atoms with Crippen molar-refractivity contribution in [1.82, 2.24) is 9.13 Å². The van der Waals surface area contributed by atoms with E-state index in [0.717, 1.165) is 82.7 Å². The molecule has 0 atom stereocenters. The summed E-state index contributed by atoms with van der Waals surface area (Å²) in [7, 11) is 0. The van der Waals surface area contributed by atoms with E-state index in [1.54, 1.807) is 0 Å². The number of aromatic nitrogens is 2. The minimum absolute atomic E-state index is 0.887. The van der Waals surface area contributed by atoms with Gasteiger partial charge in [0.25, 0.3) is 0 Å². The minimum Gasteiger partial charge on any atom is -0.456 e. The number of hydrogen-bond donors (Lipinski definition) is 0. The van der Waals surface area contributed by atoms with Crippen molar-refractivity contribution >= 4 is 87.5 Å². The lowest BCUT2D eigenvalue weighted by atomic mass is 10.0. The molecule has 0 radical (unpaired) electrons. The Labute approximate surface area is 261 Å². The fourth-order valence-electron chi connectivity index (χ4n) is 7.85. The molecule has 46 heavy (non-hydrogen) atoms. The molecule has 4 heteroatoms. The number of hydrogen-bond acceptors (Lipinski definition) is 2. The van der Waals surface area contributed by atoms with Crippen LogP contribution in [0, 0.1) is 0 Å². The van der Waals surface area contributed by atoms with Gasteiger partial charge in [-0.05, 0) is 54.6 Å². The molecule has 214 valence electrons. The SMILES string of the molecule is c1ccc(-n2c3ccccc3c3c4oc5ccccc5c4c4c5ccccc5n(-c5ccc6oc7ccccc7c6c5)c4c32)cc1. The van der Waals surface area contributed by atoms with Gasteiger partial charge in [-0.1, -0.05) is 91.0 Å². The Balaban J connectivity index is 1.46. The van der Waals surface area contributed by atoms with Crippen LogP contribution in [0.25, 0.3) is 98.9 Å². The number of nitrogens with zero attached hydrogens (tertiary/aromatic N) is 2. The molecule has 0 bridgehead atoms. The van der Waals surface area contributed by atoms with E-state index < -0.39 is 0 Å². The molecule has 0 unspecified atom stereocenters. The average Bonchev–Trinajstić information content (AvgIpc) is 3.86. The zero-order chi connectivity index (χ0) is 29.9. The Kier molecular flexibility index (Phi) is 4.55. The van der Waals surface area contributed by atoms with Crippen LogP contribution in [0.4, 0.5) is 0 Å². The van der Waals surface area contributed by atoms with Crippen molar-refractivity contribution in [1.29, 1.82) is 0 Å². The second-order valence-electron chi connectivity index (χ2n) is 12.1. The van der Waals surface area contributed by atoms with Crippen LogP contribution < -0.4 is 0 Å². The molecule has 0 aliphatic carbocycles. The fourth-order valence-corrected chi connectivity index (χ4v) is 7.85. The lowest BCUT2D eigenvalue weighted by molar-refractivity contribution is 0.669. The van der Waals surface area contributed by atoms with Gasteiger partial charge in [-0.3, -0.25) is 0 Å². The molecule has 4 heterocycles. The first-order valence-corrected chi connectivity index (χ1v) is 15.6. The molecular formula is C42H24N2O2. The molecular weight excluding hydrogens is 564 g/mol. The summed E-state index contributed by atoms with van der Waals surface area (Å²) in [5.74, 6) is 0. The first kappa shape index (κ1) is 24.1. The van der Waals surface area contributed by atoms with Gasteiger partial charge in [0.15, 0.2) is 0 Å². The molecule has 0 fully saturated rings. The van der Waals surface area contributed by atoms with Crippen LogP contribution in [0.2, 0.25) is 0 Å². The summed E-state index contributed by atoms with van der Waals surface area (Å²) in [6, 6.07) is 51.5. The zero-order valence-corrected chi connectivity index (χ0v) is 24.6. The number of rotatable bonds is 2. The van der Waals surface area contributed by atoms with Gasteiger partial charge in [0.05, 0.1) is 27.5 Å². The number of furan rings is 2. The van der Waals surface area contributed by atoms with Gasteiger partial charge in [-0.15, -0.1) is 0 Å². The van der Waals surface area contributed by atoms with Crippen molar-refractivity contribution in [2.45, 2.75) is 0 Å². The third-order valence-electron chi connectivity index (χ3n) is 9.68. The molecule has 0 aliphatic heterocycles. The van der Waals surface area contributed by atoms with E-state index in [1.807, 2.05) is 12.1 Å². The normalized spacial score (nSPS) is 12.3. The highest BCUT2D eigenvalue weighted by atomic mass is 16.3. The van der Waals surface area contributed by atoms with Gasteiger partial charge < -0.3 is 18.0 Å². The van der Waals surface area contributed by atoms with Crippen molar-refractivity contribution in [2.75, 3.05) is 0 Å². The van der Waals surface area contributed by atoms with Crippen LogP contribution >= 0.6 is 0 Å². The summed E-state index contributed by atoms with van der Waals surface area (Å²) < 4.78 is 18.0. The van der Waals surface area contributed by atoms with E-state index in [0.29, 0.717) is 0 Å². The van der Waals surface area contributed by atoms with Crippen LogP contribution in [-0.4, -0.2) is 9.13 Å². The molecule has 0 saturated heterocycles. The highest BCUT2D eigenvalue weighted by molar-refractivity contribution is 6.39. The topological polar surface area (TPSA) is 36.1 Å². The highest BCUT2D eigenvalue weighted by Crippen LogP contribution is 2.49. The van der Waals surface area contributed by atoms with Crippen molar-refractivity contribution < 1.29 is 8.83 Å². The first-order chi connectivity index (χ1) is 22.8. The molecule has 11 rings (SSSR count). The van der Waals surface area contributed by atoms with Gasteiger partial charge in [-0.2, -0.15) is 0 Å². The van der Waals surface area contributed by atoms with Gasteiger partial charge in [0.2, 0.25) is 0 Å². The molecule has 11 aromatic rings. The summed E-state index contributed by atoms with van der Waals surface area (Å²) in [5, 5.41) is 9.18. The number of benzene rings is 7. The van der Waals surface area contributed by atoms with E-state index in [9.17, 15) is 0 Å². The monoisotopic (exact) mass is 588 g/mol. The Bertz CT molecular complexity index is 3020. The lowest BCUT2D eigenvalue weighted by Gasteiger charge is -2.13. The molecule has 0 saturated carbocycles. The molecule has 0 N–H and O–H groups in total. The second kappa shape index (κ2) is 8.68. The quantitative estimate of drug-likeness (QED) is 0.201. The van der Waals surface area contributed by atoms with Crippen molar-refractivity contribution in [3.63, 3.8) is 0 Å². The van der Waals surface area contributed by atoms with Crippen LogP contribution in [0.5, 0.6) is 0 Å². The van der Waals surface area contributed by atoms with E-state index in [4.69, 9.17) is 8.83 Å². The Hall–Kier alpha value is -6.26. The van der Waals surface area contributed by atoms with E-state index in [-0.39, 0.29) is 0 Å². The van der Waals surface area contributed by atoms with E-state index in [2.05, 4.69) is 143 Å². The molecule has 0 aliphatic rings. The van der Waals surface area contributed by atoms with Crippen molar-refractivity contribution in [2.24, 2.45) is 0 Å². The van der Waals surface area contributed by atoms with Crippen LogP contribution in [-0.2, 0) is 0 Å². The van der Waals surface area contributed by atoms with Crippen molar-refractivity contribution in [3.8, 4) is 11.4 Å². The van der Waals surface area contributed by atoms with E-state index >= 15 is 0 Å². The first-order valence-electron chi connectivity index (χ1n) is 15.6. The summed E-state index contributed by atoms with van der Waals surface area (Å²) in [4.78, 5) is 0. The zero-order valence-electron chi connectivity index (χ0n) is 24.6. The third-order valence-corrected chi connectivity index (χ3v) is 9.68. The average molecular weight is 589 g/mol. The van der Waals surface area contributed by atoms with Gasteiger partial charge in [0, 0.05) is 49.1 Å². The maximum Gasteiger partial charge on any atom is 0.146 e. The molecule has 4 nitrogen and oxygen atoms in total. The maximum absolute atomic E-state index is 6.86. The van der Waals surface area contributed by atoms with Crippen LogP contribution in [0.1, 0.15) is 0 Å². The lowest BCUT2D eigenvalue weighted by Crippen LogP contribution is -1.98. The highest BCUT2D eigenvalue weighted by Gasteiger charge is 2.27. The molecule has 0 spiro atoms. The predicted molar refractivity (Wildman–Crippen MR) is 190 cm³/mol. The summed E-state index contributed by atoms with van der Waals surface area (Å²) >= 11 is 0.